The van der Waals surface area contributed by atoms with Gasteiger partial charge in [0.25, 0.3) is 0 Å². The van der Waals surface area contributed by atoms with Gasteiger partial charge < -0.3 is 9.84 Å². The maximum Gasteiger partial charge on any atom is 0.240 e. The fourth-order valence-corrected chi connectivity index (χ4v) is 2.10. The zero-order valence-electron chi connectivity index (χ0n) is 13.5. The SMILES string of the molecule is CCCCCCCCC(=O)NN=Cc1cccc(OC)c1O. The van der Waals surface area contributed by atoms with Crippen LogP contribution in [0.3, 0.4) is 0 Å². The summed E-state index contributed by atoms with van der Waals surface area (Å²) >= 11 is 0. The summed E-state index contributed by atoms with van der Waals surface area (Å²) in [5.41, 5.74) is 2.98. The molecule has 0 radical (unpaired) electrons. The van der Waals surface area contributed by atoms with Crippen LogP contribution in [0.15, 0.2) is 23.3 Å². The molecule has 5 nitrogen and oxygen atoms in total. The smallest absolute Gasteiger partial charge is 0.240 e. The molecule has 22 heavy (non-hydrogen) atoms. The number of hydrogen-bond acceptors (Lipinski definition) is 4. The molecule has 1 amide bonds. The van der Waals surface area contributed by atoms with E-state index in [1.54, 1.807) is 18.2 Å². The van der Waals surface area contributed by atoms with Gasteiger partial charge in [-0.1, -0.05) is 45.1 Å². The van der Waals surface area contributed by atoms with E-state index in [0.717, 1.165) is 12.8 Å². The van der Waals surface area contributed by atoms with Crippen LogP contribution < -0.4 is 10.2 Å². The van der Waals surface area contributed by atoms with Crippen LogP contribution in [0.2, 0.25) is 0 Å². The standard InChI is InChI=1S/C17H26N2O3/c1-3-4-5-6-7-8-12-16(20)19-18-13-14-10-9-11-15(22-2)17(14)21/h9-11,13,21H,3-8,12H2,1-2H3,(H,19,20). The second-order valence-corrected chi connectivity index (χ2v) is 5.21. The molecule has 0 unspecified atom stereocenters. The molecule has 5 heteroatoms. The second-order valence-electron chi connectivity index (χ2n) is 5.21. The van der Waals surface area contributed by atoms with E-state index in [-0.39, 0.29) is 11.7 Å². The number of para-hydroxylation sites is 1. The molecule has 0 bridgehead atoms. The number of rotatable bonds is 10. The lowest BCUT2D eigenvalue weighted by Gasteiger charge is -2.05. The highest BCUT2D eigenvalue weighted by Gasteiger charge is 2.05. The van der Waals surface area contributed by atoms with Crippen molar-refractivity contribution in [3.63, 3.8) is 0 Å². The molecule has 1 rings (SSSR count). The van der Waals surface area contributed by atoms with E-state index in [2.05, 4.69) is 17.5 Å². The van der Waals surface area contributed by atoms with Crippen molar-refractivity contribution in [3.05, 3.63) is 23.8 Å². The van der Waals surface area contributed by atoms with E-state index in [1.165, 1.54) is 39.0 Å². The number of ether oxygens (including phenoxy) is 1. The fourth-order valence-electron chi connectivity index (χ4n) is 2.10. The number of methoxy groups -OCH3 is 1. The molecular weight excluding hydrogens is 280 g/mol. The maximum absolute atomic E-state index is 11.6. The first-order valence-corrected chi connectivity index (χ1v) is 7.87. The number of amides is 1. The number of carbonyl (C=O) groups is 1. The van der Waals surface area contributed by atoms with Crippen molar-refractivity contribution in [1.82, 2.24) is 5.43 Å². The van der Waals surface area contributed by atoms with Gasteiger partial charge in [-0.2, -0.15) is 5.10 Å². The van der Waals surface area contributed by atoms with Gasteiger partial charge in [0.15, 0.2) is 11.5 Å². The molecule has 1 aromatic rings. The molecule has 0 aromatic heterocycles. The van der Waals surface area contributed by atoms with Gasteiger partial charge >= 0.3 is 0 Å². The van der Waals surface area contributed by atoms with Crippen molar-refractivity contribution in [1.29, 1.82) is 0 Å². The molecule has 1 aromatic carbocycles. The van der Waals surface area contributed by atoms with Crippen LogP contribution in [0.25, 0.3) is 0 Å². The predicted octanol–water partition coefficient (Wildman–Crippen LogP) is 3.60. The molecular formula is C17H26N2O3. The van der Waals surface area contributed by atoms with E-state index in [4.69, 9.17) is 4.74 Å². The van der Waals surface area contributed by atoms with E-state index < -0.39 is 0 Å². The highest BCUT2D eigenvalue weighted by molar-refractivity contribution is 5.86. The molecule has 0 aliphatic carbocycles. The number of phenolic OH excluding ortho intramolecular Hbond substituents is 1. The highest BCUT2D eigenvalue weighted by atomic mass is 16.5. The van der Waals surface area contributed by atoms with E-state index in [9.17, 15) is 9.90 Å². The van der Waals surface area contributed by atoms with Gasteiger partial charge in [-0.05, 0) is 18.6 Å². The zero-order valence-corrected chi connectivity index (χ0v) is 13.5. The van der Waals surface area contributed by atoms with Crippen LogP contribution in [-0.2, 0) is 4.79 Å². The number of aromatic hydroxyl groups is 1. The van der Waals surface area contributed by atoms with Gasteiger partial charge in [-0.15, -0.1) is 0 Å². The Morgan fingerprint density at radius 2 is 2.00 bits per heavy atom. The van der Waals surface area contributed by atoms with Gasteiger partial charge in [0.2, 0.25) is 5.91 Å². The first-order chi connectivity index (χ1) is 10.7. The summed E-state index contributed by atoms with van der Waals surface area (Å²) in [6.07, 6.45) is 8.77. The van der Waals surface area contributed by atoms with Crippen molar-refractivity contribution in [2.45, 2.75) is 51.9 Å². The van der Waals surface area contributed by atoms with Gasteiger partial charge in [-0.3, -0.25) is 4.79 Å². The van der Waals surface area contributed by atoms with Crippen molar-refractivity contribution in [3.8, 4) is 11.5 Å². The average Bonchev–Trinajstić information content (AvgIpc) is 2.52. The van der Waals surface area contributed by atoms with Crippen LogP contribution in [0.5, 0.6) is 11.5 Å². The van der Waals surface area contributed by atoms with Crippen LogP contribution in [0.4, 0.5) is 0 Å². The van der Waals surface area contributed by atoms with E-state index >= 15 is 0 Å². The first kappa shape index (κ1) is 18.0. The number of carbonyl (C=O) groups excluding carboxylic acids is 1. The lowest BCUT2D eigenvalue weighted by Crippen LogP contribution is -2.16. The molecule has 0 saturated heterocycles. The highest BCUT2D eigenvalue weighted by Crippen LogP contribution is 2.27. The monoisotopic (exact) mass is 306 g/mol. The molecule has 122 valence electrons. The summed E-state index contributed by atoms with van der Waals surface area (Å²) in [5, 5.41) is 13.7. The van der Waals surface area contributed by atoms with Gasteiger partial charge in [0, 0.05) is 12.0 Å². The summed E-state index contributed by atoms with van der Waals surface area (Å²) in [6, 6.07) is 5.10. The van der Waals surface area contributed by atoms with Crippen molar-refractivity contribution in [2.75, 3.05) is 7.11 Å². The lowest BCUT2D eigenvalue weighted by atomic mass is 10.1. The molecule has 0 spiro atoms. The Morgan fingerprint density at radius 1 is 1.27 bits per heavy atom. The third-order valence-electron chi connectivity index (χ3n) is 3.40. The van der Waals surface area contributed by atoms with Crippen LogP contribution in [-0.4, -0.2) is 24.3 Å². The minimum atomic E-state index is -0.103. The fraction of sp³-hybridized carbons (Fsp3) is 0.529. The Balaban J connectivity index is 2.29. The first-order valence-electron chi connectivity index (χ1n) is 7.87. The summed E-state index contributed by atoms with van der Waals surface area (Å²) in [4.78, 5) is 11.6. The average molecular weight is 306 g/mol. The number of hydrazone groups is 1. The summed E-state index contributed by atoms with van der Waals surface area (Å²) < 4.78 is 5.01. The Kier molecular flexibility index (Phi) is 8.72. The van der Waals surface area contributed by atoms with Crippen LogP contribution >= 0.6 is 0 Å². The Hall–Kier alpha value is -2.04. The molecule has 2 N–H and O–H groups in total. The molecule has 0 aliphatic heterocycles. The minimum absolute atomic E-state index is 0.0129. The molecule has 0 fully saturated rings. The quantitative estimate of drug-likeness (QED) is 0.394. The number of benzene rings is 1. The third kappa shape index (κ3) is 6.61. The van der Waals surface area contributed by atoms with E-state index in [0.29, 0.717) is 17.7 Å². The Morgan fingerprint density at radius 3 is 2.73 bits per heavy atom. The summed E-state index contributed by atoms with van der Waals surface area (Å²) in [5.74, 6) is 0.287. The normalized spacial score (nSPS) is 10.8. The predicted molar refractivity (Wildman–Crippen MR) is 88.4 cm³/mol. The van der Waals surface area contributed by atoms with Gasteiger partial charge in [0.05, 0.1) is 13.3 Å². The van der Waals surface area contributed by atoms with Crippen LogP contribution in [0, 0.1) is 0 Å². The molecule has 0 atom stereocenters. The van der Waals surface area contributed by atoms with Crippen molar-refractivity contribution < 1.29 is 14.6 Å². The maximum atomic E-state index is 11.6. The minimum Gasteiger partial charge on any atom is -0.504 e. The summed E-state index contributed by atoms with van der Waals surface area (Å²) in [7, 11) is 1.48. The van der Waals surface area contributed by atoms with Gasteiger partial charge in [0.1, 0.15) is 0 Å². The van der Waals surface area contributed by atoms with Crippen molar-refractivity contribution in [2.24, 2.45) is 5.10 Å². The second kappa shape index (κ2) is 10.7. The Labute approximate surface area is 132 Å². The third-order valence-corrected chi connectivity index (χ3v) is 3.40. The molecule has 0 heterocycles. The van der Waals surface area contributed by atoms with Crippen LogP contribution in [0.1, 0.15) is 57.4 Å². The number of unbranched alkanes of at least 4 members (excludes halogenated alkanes) is 5. The molecule has 0 aliphatic rings. The van der Waals surface area contributed by atoms with Crippen molar-refractivity contribution >= 4 is 12.1 Å². The topological polar surface area (TPSA) is 70.9 Å². The number of nitrogens with one attached hydrogen (secondary N) is 1. The Bertz CT molecular complexity index is 487. The number of phenols is 1. The zero-order chi connectivity index (χ0) is 16.2. The number of hydrogen-bond donors (Lipinski definition) is 2. The number of nitrogens with zero attached hydrogens (tertiary/aromatic N) is 1. The summed E-state index contributed by atoms with van der Waals surface area (Å²) in [6.45, 7) is 2.19. The van der Waals surface area contributed by atoms with Gasteiger partial charge in [-0.25, -0.2) is 5.43 Å². The largest absolute Gasteiger partial charge is 0.504 e. The lowest BCUT2D eigenvalue weighted by molar-refractivity contribution is -0.121. The van der Waals surface area contributed by atoms with E-state index in [1.807, 2.05) is 0 Å². The molecule has 0 saturated carbocycles.